The van der Waals surface area contributed by atoms with E-state index in [1.807, 2.05) is 0 Å². The molecule has 0 aromatic heterocycles. The Kier molecular flexibility index (Phi) is 9.82. The van der Waals surface area contributed by atoms with E-state index in [0.29, 0.717) is 11.6 Å². The van der Waals surface area contributed by atoms with Crippen molar-refractivity contribution >= 4 is 17.2 Å². The standard InChI is InChI=1S/C11H24N2O2S/c1-4-10(11(12)16)13(7-9-15-3)6-5-8-14-2/h10H,4-9H2,1-3H3,(H2,12,16). The van der Waals surface area contributed by atoms with Gasteiger partial charge in [0.05, 0.1) is 17.6 Å². The molecule has 0 heterocycles. The summed E-state index contributed by atoms with van der Waals surface area (Å²) in [4.78, 5) is 2.83. The predicted octanol–water partition coefficient (Wildman–Crippen LogP) is 1.04. The van der Waals surface area contributed by atoms with Crippen molar-refractivity contribution in [2.24, 2.45) is 5.73 Å². The molecule has 1 unspecified atom stereocenters. The van der Waals surface area contributed by atoms with E-state index >= 15 is 0 Å². The fourth-order valence-electron chi connectivity index (χ4n) is 1.68. The van der Waals surface area contributed by atoms with Crippen molar-refractivity contribution in [2.45, 2.75) is 25.8 Å². The number of thiocarbonyl (C=S) groups is 1. The molecule has 0 saturated heterocycles. The van der Waals surface area contributed by atoms with Gasteiger partial charge in [-0.3, -0.25) is 4.90 Å². The zero-order chi connectivity index (χ0) is 12.4. The Labute approximate surface area is 104 Å². The molecule has 0 bridgehead atoms. The van der Waals surface area contributed by atoms with Crippen LogP contribution in [0.25, 0.3) is 0 Å². The van der Waals surface area contributed by atoms with Crippen molar-refractivity contribution in [3.8, 4) is 0 Å². The van der Waals surface area contributed by atoms with Crippen molar-refractivity contribution < 1.29 is 9.47 Å². The van der Waals surface area contributed by atoms with E-state index < -0.39 is 0 Å². The van der Waals surface area contributed by atoms with Crippen LogP contribution >= 0.6 is 12.2 Å². The average molecular weight is 248 g/mol. The molecule has 2 N–H and O–H groups in total. The van der Waals surface area contributed by atoms with E-state index in [9.17, 15) is 0 Å². The summed E-state index contributed by atoms with van der Waals surface area (Å²) < 4.78 is 10.1. The highest BCUT2D eigenvalue weighted by molar-refractivity contribution is 7.80. The summed E-state index contributed by atoms with van der Waals surface area (Å²) in [5.41, 5.74) is 5.74. The van der Waals surface area contributed by atoms with Gasteiger partial charge in [0.1, 0.15) is 0 Å². The van der Waals surface area contributed by atoms with Gasteiger partial charge in [-0.25, -0.2) is 0 Å². The first-order valence-electron chi connectivity index (χ1n) is 5.68. The minimum absolute atomic E-state index is 0.169. The summed E-state index contributed by atoms with van der Waals surface area (Å²) in [5, 5.41) is 0. The Morgan fingerprint density at radius 2 is 1.88 bits per heavy atom. The van der Waals surface area contributed by atoms with Crippen LogP contribution in [0.5, 0.6) is 0 Å². The lowest BCUT2D eigenvalue weighted by molar-refractivity contribution is 0.122. The van der Waals surface area contributed by atoms with Crippen molar-refractivity contribution in [3.05, 3.63) is 0 Å². The molecule has 0 aliphatic carbocycles. The Balaban J connectivity index is 4.19. The topological polar surface area (TPSA) is 47.7 Å². The second-order valence-electron chi connectivity index (χ2n) is 3.70. The molecule has 0 aliphatic heterocycles. The largest absolute Gasteiger partial charge is 0.392 e. The first-order valence-corrected chi connectivity index (χ1v) is 6.09. The molecule has 0 amide bonds. The predicted molar refractivity (Wildman–Crippen MR) is 70.8 cm³/mol. The zero-order valence-electron chi connectivity index (χ0n) is 10.6. The Morgan fingerprint density at radius 1 is 1.25 bits per heavy atom. The fourth-order valence-corrected chi connectivity index (χ4v) is 2.00. The SMILES string of the molecule is CCC(C(N)=S)N(CCCOC)CCOC. The van der Waals surface area contributed by atoms with Gasteiger partial charge in [-0.1, -0.05) is 19.1 Å². The minimum atomic E-state index is 0.169. The van der Waals surface area contributed by atoms with Gasteiger partial charge in [-0.15, -0.1) is 0 Å². The van der Waals surface area contributed by atoms with Gasteiger partial charge in [0.2, 0.25) is 0 Å². The van der Waals surface area contributed by atoms with E-state index in [1.54, 1.807) is 14.2 Å². The molecule has 96 valence electrons. The number of hydrogen-bond donors (Lipinski definition) is 1. The smallest absolute Gasteiger partial charge is 0.0901 e. The van der Waals surface area contributed by atoms with E-state index in [0.717, 1.165) is 32.5 Å². The third kappa shape index (κ3) is 6.37. The molecule has 1 atom stereocenters. The number of rotatable bonds is 10. The van der Waals surface area contributed by atoms with E-state index in [-0.39, 0.29) is 6.04 Å². The quantitative estimate of drug-likeness (QED) is 0.462. The summed E-state index contributed by atoms with van der Waals surface area (Å²) in [6.45, 7) is 5.35. The Hall–Kier alpha value is -0.230. The molecular weight excluding hydrogens is 224 g/mol. The molecular formula is C11H24N2O2S. The van der Waals surface area contributed by atoms with Crippen LogP contribution in [0.3, 0.4) is 0 Å². The molecule has 0 aromatic carbocycles. The zero-order valence-corrected chi connectivity index (χ0v) is 11.4. The lowest BCUT2D eigenvalue weighted by atomic mass is 10.2. The summed E-state index contributed by atoms with van der Waals surface area (Å²) in [7, 11) is 3.42. The van der Waals surface area contributed by atoms with Crippen LogP contribution in [0.1, 0.15) is 19.8 Å². The fraction of sp³-hybridized carbons (Fsp3) is 0.909. The summed E-state index contributed by atoms with van der Waals surface area (Å²) in [6, 6.07) is 0.169. The van der Waals surface area contributed by atoms with Crippen LogP contribution < -0.4 is 5.73 Å². The van der Waals surface area contributed by atoms with E-state index in [2.05, 4.69) is 11.8 Å². The Morgan fingerprint density at radius 3 is 2.31 bits per heavy atom. The van der Waals surface area contributed by atoms with E-state index in [4.69, 9.17) is 27.4 Å². The normalized spacial score (nSPS) is 13.0. The lowest BCUT2D eigenvalue weighted by Gasteiger charge is -2.30. The number of nitrogens with two attached hydrogens (primary N) is 1. The van der Waals surface area contributed by atoms with Crippen LogP contribution in [0, 0.1) is 0 Å². The lowest BCUT2D eigenvalue weighted by Crippen LogP contribution is -2.45. The molecule has 0 rings (SSSR count). The summed E-state index contributed by atoms with van der Waals surface area (Å²) in [5.74, 6) is 0. The molecule has 16 heavy (non-hydrogen) atoms. The molecule has 5 heteroatoms. The average Bonchev–Trinajstić information content (AvgIpc) is 2.25. The van der Waals surface area contributed by atoms with Gasteiger partial charge in [-0.2, -0.15) is 0 Å². The van der Waals surface area contributed by atoms with Crippen molar-refractivity contribution in [2.75, 3.05) is 40.5 Å². The maximum atomic E-state index is 5.74. The van der Waals surface area contributed by atoms with Crippen LogP contribution in [0.2, 0.25) is 0 Å². The second kappa shape index (κ2) is 9.96. The van der Waals surface area contributed by atoms with Crippen molar-refractivity contribution in [1.29, 1.82) is 0 Å². The molecule has 0 aromatic rings. The highest BCUT2D eigenvalue weighted by Crippen LogP contribution is 2.06. The van der Waals surface area contributed by atoms with Gasteiger partial charge in [0.15, 0.2) is 0 Å². The Bertz CT molecular complexity index is 191. The van der Waals surface area contributed by atoms with Gasteiger partial charge < -0.3 is 15.2 Å². The second-order valence-corrected chi connectivity index (χ2v) is 4.17. The number of nitrogens with zero attached hydrogens (tertiary/aromatic N) is 1. The third-order valence-electron chi connectivity index (χ3n) is 2.53. The van der Waals surface area contributed by atoms with Crippen LogP contribution in [-0.2, 0) is 9.47 Å². The molecule has 0 spiro atoms. The first kappa shape index (κ1) is 15.8. The maximum absolute atomic E-state index is 5.74. The van der Waals surface area contributed by atoms with Crippen LogP contribution in [-0.4, -0.2) is 56.5 Å². The highest BCUT2D eigenvalue weighted by Gasteiger charge is 2.18. The molecule has 0 saturated carbocycles. The highest BCUT2D eigenvalue weighted by atomic mass is 32.1. The third-order valence-corrected chi connectivity index (χ3v) is 2.80. The number of ether oxygens (including phenoxy) is 2. The first-order chi connectivity index (χ1) is 7.67. The van der Waals surface area contributed by atoms with Gasteiger partial charge in [-0.05, 0) is 12.8 Å². The van der Waals surface area contributed by atoms with Crippen LogP contribution in [0.4, 0.5) is 0 Å². The van der Waals surface area contributed by atoms with Gasteiger partial charge >= 0.3 is 0 Å². The number of methoxy groups -OCH3 is 2. The monoisotopic (exact) mass is 248 g/mol. The minimum Gasteiger partial charge on any atom is -0.392 e. The maximum Gasteiger partial charge on any atom is 0.0901 e. The van der Waals surface area contributed by atoms with Gasteiger partial charge in [0, 0.05) is 33.9 Å². The van der Waals surface area contributed by atoms with Gasteiger partial charge in [0.25, 0.3) is 0 Å². The molecule has 0 aliphatic rings. The molecule has 4 nitrogen and oxygen atoms in total. The molecule has 0 radical (unpaired) electrons. The number of hydrogen-bond acceptors (Lipinski definition) is 4. The molecule has 0 fully saturated rings. The van der Waals surface area contributed by atoms with Crippen LogP contribution in [0.15, 0.2) is 0 Å². The summed E-state index contributed by atoms with van der Waals surface area (Å²) >= 11 is 5.09. The van der Waals surface area contributed by atoms with E-state index in [1.165, 1.54) is 0 Å². The summed E-state index contributed by atoms with van der Waals surface area (Å²) in [6.07, 6.45) is 1.92. The van der Waals surface area contributed by atoms with Crippen molar-refractivity contribution in [3.63, 3.8) is 0 Å². The van der Waals surface area contributed by atoms with Crippen molar-refractivity contribution in [1.82, 2.24) is 4.90 Å².